The van der Waals surface area contributed by atoms with E-state index < -0.39 is 18.0 Å². The number of para-hydroxylation sites is 1. The van der Waals surface area contributed by atoms with Crippen LogP contribution in [0.25, 0.3) is 0 Å². The number of benzene rings is 2. The van der Waals surface area contributed by atoms with Crippen molar-refractivity contribution in [2.75, 3.05) is 11.4 Å². The number of ether oxygens (including phenoxy) is 2. The van der Waals surface area contributed by atoms with Crippen molar-refractivity contribution in [3.05, 3.63) is 77.2 Å². The van der Waals surface area contributed by atoms with Gasteiger partial charge in [-0.1, -0.05) is 23.4 Å². The van der Waals surface area contributed by atoms with Gasteiger partial charge in [0.05, 0.1) is 29.3 Å². The molecule has 1 unspecified atom stereocenters. The van der Waals surface area contributed by atoms with Gasteiger partial charge in [0, 0.05) is 12.2 Å². The van der Waals surface area contributed by atoms with Crippen molar-refractivity contribution in [1.82, 2.24) is 5.16 Å². The van der Waals surface area contributed by atoms with E-state index >= 15 is 0 Å². The largest absolute Gasteiger partial charge is 0.489 e. The number of hydrogen-bond acceptors (Lipinski definition) is 7. The van der Waals surface area contributed by atoms with Crippen molar-refractivity contribution in [3.8, 4) is 11.8 Å². The van der Waals surface area contributed by atoms with E-state index in [-0.39, 0.29) is 13.0 Å². The van der Waals surface area contributed by atoms with Gasteiger partial charge in [-0.15, -0.1) is 0 Å². The molecule has 0 saturated heterocycles. The summed E-state index contributed by atoms with van der Waals surface area (Å²) < 4.78 is 16.3. The van der Waals surface area contributed by atoms with E-state index in [9.17, 15) is 9.59 Å². The number of carbonyl (C=O) groups excluding carboxylic acids is 2. The molecule has 1 amide bonds. The molecule has 8 nitrogen and oxygen atoms in total. The Kier molecular flexibility index (Phi) is 7.82. The predicted octanol–water partition coefficient (Wildman–Crippen LogP) is 4.36. The molecule has 33 heavy (non-hydrogen) atoms. The van der Waals surface area contributed by atoms with Crippen LogP contribution in [0.4, 0.5) is 5.69 Å². The lowest BCUT2D eigenvalue weighted by Gasteiger charge is -2.25. The molecule has 3 aromatic rings. The first-order valence-corrected chi connectivity index (χ1v) is 10.5. The third-order valence-corrected chi connectivity index (χ3v) is 5.07. The summed E-state index contributed by atoms with van der Waals surface area (Å²) in [6.45, 7) is 5.69. The van der Waals surface area contributed by atoms with Crippen LogP contribution in [0.1, 0.15) is 40.7 Å². The minimum absolute atomic E-state index is 0.163. The molecule has 2 aromatic carbocycles. The Balaban J connectivity index is 1.61. The SMILES string of the molecule is Cc1noc(C)c1COc1ccc(C(=O)OC(C)C(=O)N(CCC#N)c2ccccc2)cc1. The van der Waals surface area contributed by atoms with E-state index in [1.807, 2.05) is 26.0 Å². The van der Waals surface area contributed by atoms with Gasteiger partial charge in [0.1, 0.15) is 18.1 Å². The number of amides is 1. The quantitative estimate of drug-likeness (QED) is 0.449. The van der Waals surface area contributed by atoms with Gasteiger partial charge in [-0.05, 0) is 57.2 Å². The fraction of sp³-hybridized carbons (Fsp3) is 0.280. The van der Waals surface area contributed by atoms with Gasteiger partial charge in [-0.3, -0.25) is 4.79 Å². The van der Waals surface area contributed by atoms with Crippen molar-refractivity contribution < 1.29 is 23.6 Å². The number of esters is 1. The molecule has 0 fully saturated rings. The van der Waals surface area contributed by atoms with Gasteiger partial charge < -0.3 is 18.9 Å². The number of anilines is 1. The minimum Gasteiger partial charge on any atom is -0.489 e. The number of rotatable bonds is 9. The molecule has 170 valence electrons. The first-order chi connectivity index (χ1) is 15.9. The van der Waals surface area contributed by atoms with Gasteiger partial charge >= 0.3 is 5.97 Å². The Labute approximate surface area is 192 Å². The molecule has 0 N–H and O–H groups in total. The van der Waals surface area contributed by atoms with E-state index in [4.69, 9.17) is 19.3 Å². The summed E-state index contributed by atoms with van der Waals surface area (Å²) in [6, 6.07) is 17.5. The zero-order valence-electron chi connectivity index (χ0n) is 18.8. The fourth-order valence-corrected chi connectivity index (χ4v) is 3.19. The maximum Gasteiger partial charge on any atom is 0.338 e. The number of aromatic nitrogens is 1. The monoisotopic (exact) mass is 447 g/mol. The Morgan fingerprint density at radius 1 is 1.12 bits per heavy atom. The summed E-state index contributed by atoms with van der Waals surface area (Å²) in [4.78, 5) is 27.0. The molecule has 8 heteroatoms. The van der Waals surface area contributed by atoms with Crippen LogP contribution < -0.4 is 9.64 Å². The fourth-order valence-electron chi connectivity index (χ4n) is 3.19. The lowest BCUT2D eigenvalue weighted by Crippen LogP contribution is -2.40. The van der Waals surface area contributed by atoms with E-state index in [0.29, 0.717) is 29.4 Å². The molecule has 0 bridgehead atoms. The van der Waals surface area contributed by atoms with Crippen LogP contribution in [0.2, 0.25) is 0 Å². The minimum atomic E-state index is -1.02. The van der Waals surface area contributed by atoms with Crippen LogP contribution in [0.3, 0.4) is 0 Å². The average molecular weight is 447 g/mol. The highest BCUT2D eigenvalue weighted by Crippen LogP contribution is 2.20. The standard InChI is InChI=1S/C25H25N3O5/c1-17-23(18(2)33-27-17)16-31-22-12-10-20(11-13-22)25(30)32-19(3)24(29)28(15-7-14-26)21-8-5-4-6-9-21/h4-6,8-13,19H,7,15-16H2,1-3H3. The Hall–Kier alpha value is -4.12. The Morgan fingerprint density at radius 3 is 2.42 bits per heavy atom. The topological polar surface area (TPSA) is 106 Å². The number of carbonyl (C=O) groups is 2. The van der Waals surface area contributed by atoms with Gasteiger partial charge in [-0.2, -0.15) is 5.26 Å². The molecule has 0 aliphatic heterocycles. The van der Waals surface area contributed by atoms with Crippen LogP contribution in [-0.2, 0) is 16.1 Å². The average Bonchev–Trinajstić information content (AvgIpc) is 3.15. The van der Waals surface area contributed by atoms with E-state index in [0.717, 1.165) is 11.3 Å². The van der Waals surface area contributed by atoms with Crippen LogP contribution >= 0.6 is 0 Å². The summed E-state index contributed by atoms with van der Waals surface area (Å²) >= 11 is 0. The summed E-state index contributed by atoms with van der Waals surface area (Å²) in [7, 11) is 0. The number of hydrogen-bond donors (Lipinski definition) is 0. The lowest BCUT2D eigenvalue weighted by molar-refractivity contribution is -0.126. The zero-order valence-corrected chi connectivity index (χ0v) is 18.8. The van der Waals surface area contributed by atoms with Gasteiger partial charge in [-0.25, -0.2) is 4.79 Å². The molecule has 0 aliphatic rings. The maximum atomic E-state index is 12.9. The normalized spacial score (nSPS) is 11.3. The van der Waals surface area contributed by atoms with E-state index in [2.05, 4.69) is 5.16 Å². The van der Waals surface area contributed by atoms with Crippen molar-refractivity contribution in [2.45, 2.75) is 39.9 Å². The maximum absolute atomic E-state index is 12.9. The molecule has 0 radical (unpaired) electrons. The summed E-state index contributed by atoms with van der Waals surface area (Å²) in [5.74, 6) is 0.249. The summed E-state index contributed by atoms with van der Waals surface area (Å²) in [6.07, 6.45) is -0.858. The van der Waals surface area contributed by atoms with Crippen molar-refractivity contribution in [3.63, 3.8) is 0 Å². The second kappa shape index (κ2) is 11.0. The van der Waals surface area contributed by atoms with Crippen LogP contribution in [-0.4, -0.2) is 29.7 Å². The highest BCUT2D eigenvalue weighted by molar-refractivity contribution is 5.99. The molecule has 1 heterocycles. The molecule has 0 spiro atoms. The molecular formula is C25H25N3O5. The number of aryl methyl sites for hydroxylation is 2. The van der Waals surface area contributed by atoms with Gasteiger partial charge in [0.15, 0.2) is 6.10 Å². The third kappa shape index (κ3) is 5.98. The molecule has 1 aromatic heterocycles. The zero-order chi connectivity index (χ0) is 23.8. The number of nitrogens with zero attached hydrogens (tertiary/aromatic N) is 3. The van der Waals surface area contributed by atoms with Crippen molar-refractivity contribution in [2.24, 2.45) is 0 Å². The van der Waals surface area contributed by atoms with Crippen molar-refractivity contribution in [1.29, 1.82) is 5.26 Å². The van der Waals surface area contributed by atoms with E-state index in [1.54, 1.807) is 48.5 Å². The molecule has 1 atom stereocenters. The number of nitriles is 1. The van der Waals surface area contributed by atoms with Crippen LogP contribution in [0.15, 0.2) is 59.1 Å². The van der Waals surface area contributed by atoms with Crippen LogP contribution in [0, 0.1) is 25.2 Å². The first-order valence-electron chi connectivity index (χ1n) is 10.5. The molecular weight excluding hydrogens is 422 g/mol. The highest BCUT2D eigenvalue weighted by atomic mass is 16.5. The molecule has 0 saturated carbocycles. The van der Waals surface area contributed by atoms with E-state index in [1.165, 1.54) is 11.8 Å². The predicted molar refractivity (Wildman–Crippen MR) is 121 cm³/mol. The smallest absolute Gasteiger partial charge is 0.338 e. The van der Waals surface area contributed by atoms with Crippen LogP contribution in [0.5, 0.6) is 5.75 Å². The van der Waals surface area contributed by atoms with Gasteiger partial charge in [0.2, 0.25) is 0 Å². The Morgan fingerprint density at radius 2 is 1.82 bits per heavy atom. The second-order valence-electron chi connectivity index (χ2n) is 7.40. The molecule has 3 rings (SSSR count). The van der Waals surface area contributed by atoms with Gasteiger partial charge in [0.25, 0.3) is 5.91 Å². The second-order valence-corrected chi connectivity index (χ2v) is 7.40. The lowest BCUT2D eigenvalue weighted by atomic mass is 10.2. The third-order valence-electron chi connectivity index (χ3n) is 5.07. The summed E-state index contributed by atoms with van der Waals surface area (Å²) in [5, 5.41) is 12.8. The van der Waals surface area contributed by atoms with Crippen molar-refractivity contribution >= 4 is 17.6 Å². The molecule has 0 aliphatic carbocycles. The summed E-state index contributed by atoms with van der Waals surface area (Å²) in [5.41, 5.74) is 2.58. The highest BCUT2D eigenvalue weighted by Gasteiger charge is 2.25. The Bertz CT molecular complexity index is 1110. The first kappa shape index (κ1) is 23.5.